The maximum absolute atomic E-state index is 13.0. The number of rotatable bonds is 8. The van der Waals surface area contributed by atoms with Gasteiger partial charge in [-0.1, -0.05) is 64.0 Å². The molecule has 0 fully saturated rings. The minimum absolute atomic E-state index is 0.0535. The summed E-state index contributed by atoms with van der Waals surface area (Å²) in [6, 6.07) is 19.7. The number of carbonyl (C=O) groups is 2. The van der Waals surface area contributed by atoms with Crippen LogP contribution < -0.4 is 14.8 Å². The van der Waals surface area contributed by atoms with E-state index in [-0.39, 0.29) is 6.42 Å². The van der Waals surface area contributed by atoms with Gasteiger partial charge >= 0.3 is 5.97 Å². The number of ether oxygens (including phenoxy) is 3. The smallest absolute Gasteiger partial charge is 0.311 e. The third-order valence-electron chi connectivity index (χ3n) is 4.80. The molecule has 1 N–H and O–H groups in total. The molecule has 3 aromatic carbocycles. The quantitative estimate of drug-likeness (QED) is 0.430. The van der Waals surface area contributed by atoms with E-state index in [1.54, 1.807) is 48.5 Å². The van der Waals surface area contributed by atoms with Gasteiger partial charge in [0.25, 0.3) is 5.91 Å². The van der Waals surface area contributed by atoms with E-state index in [4.69, 9.17) is 14.2 Å². The molecule has 0 saturated carbocycles. The lowest BCUT2D eigenvalue weighted by Crippen LogP contribution is -2.26. The van der Waals surface area contributed by atoms with Gasteiger partial charge in [0.1, 0.15) is 0 Å². The van der Waals surface area contributed by atoms with Crippen LogP contribution >= 0.6 is 15.9 Å². The highest BCUT2D eigenvalue weighted by molar-refractivity contribution is 9.10. The van der Waals surface area contributed by atoms with E-state index in [2.05, 4.69) is 21.2 Å². The van der Waals surface area contributed by atoms with Crippen LogP contribution in [0.25, 0.3) is 0 Å². The number of benzene rings is 3. The molecule has 1 atom stereocenters. The molecule has 0 spiro atoms. The highest BCUT2D eigenvalue weighted by Crippen LogP contribution is 2.34. The van der Waals surface area contributed by atoms with E-state index in [9.17, 15) is 9.59 Å². The average molecular weight is 498 g/mol. The molecule has 0 aliphatic rings. The first-order valence-electron chi connectivity index (χ1n) is 9.93. The molecule has 7 heteroatoms. The zero-order chi connectivity index (χ0) is 23.1. The Balaban J connectivity index is 1.80. The molecule has 0 radical (unpaired) electrons. The number of aryl methyl sites for hydroxylation is 1. The lowest BCUT2D eigenvalue weighted by atomic mass is 10.1. The van der Waals surface area contributed by atoms with Crippen LogP contribution in [0.5, 0.6) is 11.5 Å². The van der Waals surface area contributed by atoms with Crippen molar-refractivity contribution in [1.29, 1.82) is 0 Å². The fourth-order valence-corrected chi connectivity index (χ4v) is 3.57. The van der Waals surface area contributed by atoms with E-state index in [0.717, 1.165) is 5.56 Å². The topological polar surface area (TPSA) is 73.9 Å². The number of halogens is 1. The Labute approximate surface area is 195 Å². The first kappa shape index (κ1) is 23.3. The maximum atomic E-state index is 13.0. The first-order valence-corrected chi connectivity index (χ1v) is 10.7. The number of carbonyl (C=O) groups excluding carboxylic acids is 2. The molecular formula is C25H24BrNO5. The van der Waals surface area contributed by atoms with Crippen molar-refractivity contribution >= 4 is 33.5 Å². The molecule has 6 nitrogen and oxygen atoms in total. The van der Waals surface area contributed by atoms with Crippen LogP contribution in [0.15, 0.2) is 71.2 Å². The predicted octanol–water partition coefficient (Wildman–Crippen LogP) is 5.24. The van der Waals surface area contributed by atoms with E-state index in [1.165, 1.54) is 14.2 Å². The number of hydrogen-bond acceptors (Lipinski definition) is 5. The predicted molar refractivity (Wildman–Crippen MR) is 126 cm³/mol. The van der Waals surface area contributed by atoms with E-state index >= 15 is 0 Å². The third-order valence-corrected chi connectivity index (χ3v) is 5.53. The van der Waals surface area contributed by atoms with Gasteiger partial charge in [-0.15, -0.1) is 0 Å². The van der Waals surface area contributed by atoms with Gasteiger partial charge in [-0.25, -0.2) is 0 Å². The van der Waals surface area contributed by atoms with Crippen LogP contribution in [0.1, 0.15) is 22.8 Å². The number of amides is 1. The Hall–Kier alpha value is -3.32. The SMILES string of the molecule is COc1cc(Br)c(CC(=O)OC(C(=O)Nc2ccc(C)cc2)c2ccccc2)cc1OC. The lowest BCUT2D eigenvalue weighted by molar-refractivity contribution is -0.154. The van der Waals surface area contributed by atoms with Crippen molar-refractivity contribution in [2.75, 3.05) is 19.5 Å². The molecule has 3 aromatic rings. The van der Waals surface area contributed by atoms with Crippen LogP contribution in [-0.2, 0) is 20.7 Å². The zero-order valence-corrected chi connectivity index (χ0v) is 19.6. The Morgan fingerprint density at radius 3 is 2.19 bits per heavy atom. The number of nitrogens with one attached hydrogen (secondary N) is 1. The lowest BCUT2D eigenvalue weighted by Gasteiger charge is -2.19. The van der Waals surface area contributed by atoms with Gasteiger partial charge in [-0.3, -0.25) is 9.59 Å². The summed E-state index contributed by atoms with van der Waals surface area (Å²) < 4.78 is 16.9. The molecule has 0 aliphatic heterocycles. The number of esters is 1. The standard InChI is InChI=1S/C25H24BrNO5/c1-16-9-11-19(12-10-16)27-25(29)24(17-7-5-4-6-8-17)32-23(28)14-18-13-21(30-2)22(31-3)15-20(18)26/h4-13,15,24H,14H2,1-3H3,(H,27,29). The second-order valence-electron chi connectivity index (χ2n) is 7.11. The molecule has 3 rings (SSSR count). The molecule has 32 heavy (non-hydrogen) atoms. The van der Waals surface area contributed by atoms with Crippen molar-refractivity contribution in [2.45, 2.75) is 19.4 Å². The number of methoxy groups -OCH3 is 2. The second-order valence-corrected chi connectivity index (χ2v) is 7.97. The average Bonchev–Trinajstić information content (AvgIpc) is 2.80. The maximum Gasteiger partial charge on any atom is 0.311 e. The summed E-state index contributed by atoms with van der Waals surface area (Å²) in [7, 11) is 3.06. The van der Waals surface area contributed by atoms with E-state index in [1.807, 2.05) is 25.1 Å². The van der Waals surface area contributed by atoms with Crippen molar-refractivity contribution in [2.24, 2.45) is 0 Å². The van der Waals surface area contributed by atoms with Gasteiger partial charge < -0.3 is 19.5 Å². The summed E-state index contributed by atoms with van der Waals surface area (Å²) in [5.41, 5.74) is 2.94. The first-order chi connectivity index (χ1) is 15.4. The molecule has 1 unspecified atom stereocenters. The summed E-state index contributed by atoms with van der Waals surface area (Å²) in [6.45, 7) is 1.96. The molecular weight excluding hydrogens is 474 g/mol. The molecule has 0 saturated heterocycles. The largest absolute Gasteiger partial charge is 0.493 e. The Morgan fingerprint density at radius 1 is 0.938 bits per heavy atom. The fourth-order valence-electron chi connectivity index (χ4n) is 3.11. The van der Waals surface area contributed by atoms with Crippen LogP contribution in [0, 0.1) is 6.92 Å². The summed E-state index contributed by atoms with van der Waals surface area (Å²) in [5.74, 6) is 0.0527. The molecule has 0 heterocycles. The van der Waals surface area contributed by atoms with Crippen molar-refractivity contribution in [3.05, 3.63) is 87.9 Å². The van der Waals surface area contributed by atoms with Gasteiger partial charge in [0.15, 0.2) is 11.5 Å². The van der Waals surface area contributed by atoms with Gasteiger partial charge in [0, 0.05) is 15.7 Å². The minimum atomic E-state index is -1.09. The molecule has 166 valence electrons. The van der Waals surface area contributed by atoms with Crippen molar-refractivity contribution in [1.82, 2.24) is 0 Å². The molecule has 1 amide bonds. The highest BCUT2D eigenvalue weighted by Gasteiger charge is 2.26. The summed E-state index contributed by atoms with van der Waals surface area (Å²) in [6.07, 6.45) is -1.15. The van der Waals surface area contributed by atoms with Crippen molar-refractivity contribution in [3.63, 3.8) is 0 Å². The monoisotopic (exact) mass is 497 g/mol. The van der Waals surface area contributed by atoms with E-state index in [0.29, 0.717) is 32.8 Å². The molecule has 0 bridgehead atoms. The summed E-state index contributed by atoms with van der Waals surface area (Å²) in [5, 5.41) is 2.82. The summed E-state index contributed by atoms with van der Waals surface area (Å²) >= 11 is 3.45. The van der Waals surface area contributed by atoms with E-state index < -0.39 is 18.0 Å². The molecule has 0 aliphatic carbocycles. The Bertz CT molecular complexity index is 1080. The highest BCUT2D eigenvalue weighted by atomic mass is 79.9. The van der Waals surface area contributed by atoms with Crippen LogP contribution in [0.3, 0.4) is 0 Å². The Morgan fingerprint density at radius 2 is 1.56 bits per heavy atom. The van der Waals surface area contributed by atoms with Gasteiger partial charge in [-0.2, -0.15) is 0 Å². The normalized spacial score (nSPS) is 11.4. The third kappa shape index (κ3) is 5.88. The zero-order valence-electron chi connectivity index (χ0n) is 18.1. The van der Waals surface area contributed by atoms with Gasteiger partial charge in [0.2, 0.25) is 6.10 Å². The van der Waals surface area contributed by atoms with Crippen molar-refractivity contribution < 1.29 is 23.8 Å². The van der Waals surface area contributed by atoms with Gasteiger partial charge in [-0.05, 0) is 36.8 Å². The van der Waals surface area contributed by atoms with Gasteiger partial charge in [0.05, 0.1) is 20.6 Å². The van der Waals surface area contributed by atoms with Crippen LogP contribution in [0.4, 0.5) is 5.69 Å². The fraction of sp³-hybridized carbons (Fsp3) is 0.200. The van der Waals surface area contributed by atoms with Crippen molar-refractivity contribution in [3.8, 4) is 11.5 Å². The minimum Gasteiger partial charge on any atom is -0.493 e. The second kappa shape index (κ2) is 10.8. The number of hydrogen-bond donors (Lipinski definition) is 1. The number of anilines is 1. The Kier molecular flexibility index (Phi) is 7.89. The summed E-state index contributed by atoms with van der Waals surface area (Å²) in [4.78, 5) is 25.8. The molecule has 0 aromatic heterocycles. The van der Waals surface area contributed by atoms with Crippen LogP contribution in [-0.4, -0.2) is 26.1 Å². The van der Waals surface area contributed by atoms with Crippen LogP contribution in [0.2, 0.25) is 0 Å².